The van der Waals surface area contributed by atoms with Crippen LogP contribution in [0.3, 0.4) is 0 Å². The summed E-state index contributed by atoms with van der Waals surface area (Å²) in [4.78, 5) is 14.3. The van der Waals surface area contributed by atoms with Crippen molar-refractivity contribution in [1.82, 2.24) is 0 Å². The Hall–Kier alpha value is -1.82. The van der Waals surface area contributed by atoms with Gasteiger partial charge in [-0.1, -0.05) is 19.3 Å². The van der Waals surface area contributed by atoms with E-state index in [0.29, 0.717) is 55.3 Å². The van der Waals surface area contributed by atoms with Crippen LogP contribution < -0.4 is 19.1 Å². The highest BCUT2D eigenvalue weighted by Gasteiger charge is 2.31. The highest BCUT2D eigenvalue weighted by atomic mass is 35.5. The maximum Gasteiger partial charge on any atom is 0.338 e. The summed E-state index contributed by atoms with van der Waals surface area (Å²) in [5, 5.41) is 9.94. The molecule has 0 radical (unpaired) electrons. The van der Waals surface area contributed by atoms with Crippen molar-refractivity contribution >= 4 is 24.1 Å². The molecule has 0 amide bonds. The number of aromatic carboxylic acids is 1. The molecule has 2 rings (SSSR count). The molecule has 1 saturated carbocycles. The van der Waals surface area contributed by atoms with Gasteiger partial charge in [-0.15, -0.1) is 12.4 Å². The molecule has 1 aromatic rings. The molecule has 0 saturated heterocycles. The first-order valence-corrected chi connectivity index (χ1v) is 10.2. The number of ether oxygens (including phenoxy) is 3. The van der Waals surface area contributed by atoms with E-state index in [-0.39, 0.29) is 18.0 Å². The van der Waals surface area contributed by atoms with Gasteiger partial charge >= 0.3 is 5.97 Å². The van der Waals surface area contributed by atoms with Crippen LogP contribution in [0.4, 0.5) is 5.69 Å². The van der Waals surface area contributed by atoms with Gasteiger partial charge in [0.2, 0.25) is 5.75 Å². The van der Waals surface area contributed by atoms with Crippen LogP contribution >= 0.6 is 12.4 Å². The lowest BCUT2D eigenvalue weighted by atomic mass is 9.93. The molecule has 1 aliphatic carbocycles. The predicted octanol–water partition coefficient (Wildman–Crippen LogP) is 5.16. The minimum atomic E-state index is -0.982. The van der Waals surface area contributed by atoms with Crippen LogP contribution in [-0.2, 0) is 0 Å². The lowest BCUT2D eigenvalue weighted by molar-refractivity contribution is 0.0696. The summed E-state index contributed by atoms with van der Waals surface area (Å²) in [5.74, 6) is 0.415. The highest BCUT2D eigenvalue weighted by Crippen LogP contribution is 2.48. The topological polar surface area (TPSA) is 68.2 Å². The van der Waals surface area contributed by atoms with E-state index in [2.05, 4.69) is 11.8 Å². The van der Waals surface area contributed by atoms with E-state index < -0.39 is 5.97 Å². The van der Waals surface area contributed by atoms with Gasteiger partial charge in [-0.25, -0.2) is 4.79 Å². The molecule has 0 unspecified atom stereocenters. The molecule has 0 spiro atoms. The Morgan fingerprint density at radius 3 is 2.07 bits per heavy atom. The molecule has 0 aliphatic heterocycles. The minimum absolute atomic E-state index is 0. The van der Waals surface area contributed by atoms with Crippen molar-refractivity contribution in [2.45, 2.75) is 65.8 Å². The number of halogens is 1. The molecule has 160 valence electrons. The fourth-order valence-electron chi connectivity index (χ4n) is 3.87. The van der Waals surface area contributed by atoms with Crippen molar-refractivity contribution in [3.63, 3.8) is 0 Å². The van der Waals surface area contributed by atoms with Gasteiger partial charge in [0.1, 0.15) is 0 Å². The summed E-state index contributed by atoms with van der Waals surface area (Å²) in [6.07, 6.45) is 5.71. The smallest absolute Gasteiger partial charge is 0.338 e. The van der Waals surface area contributed by atoms with Crippen LogP contribution in [0.1, 0.15) is 70.2 Å². The van der Waals surface area contributed by atoms with Crippen molar-refractivity contribution in [1.29, 1.82) is 0 Å². The van der Waals surface area contributed by atoms with Gasteiger partial charge < -0.3 is 24.2 Å². The van der Waals surface area contributed by atoms with E-state index in [4.69, 9.17) is 14.2 Å². The lowest BCUT2D eigenvalue weighted by Crippen LogP contribution is -2.38. The van der Waals surface area contributed by atoms with Crippen molar-refractivity contribution < 1.29 is 24.1 Å². The third-order valence-electron chi connectivity index (χ3n) is 4.93. The third-order valence-corrected chi connectivity index (χ3v) is 4.93. The second kappa shape index (κ2) is 11.9. The van der Waals surface area contributed by atoms with E-state index in [1.54, 1.807) is 6.07 Å². The zero-order chi connectivity index (χ0) is 19.8. The molecule has 0 aromatic heterocycles. The van der Waals surface area contributed by atoms with E-state index in [9.17, 15) is 9.90 Å². The second-order valence-electron chi connectivity index (χ2n) is 6.61. The zero-order valence-electron chi connectivity index (χ0n) is 17.5. The number of carboxylic acids is 1. The van der Waals surface area contributed by atoms with Gasteiger partial charge in [0.15, 0.2) is 11.5 Å². The molecule has 0 heterocycles. The third kappa shape index (κ3) is 5.37. The minimum Gasteiger partial charge on any atom is -0.490 e. The predicted molar refractivity (Wildman–Crippen MR) is 114 cm³/mol. The van der Waals surface area contributed by atoms with Crippen LogP contribution in [0.15, 0.2) is 6.07 Å². The van der Waals surface area contributed by atoms with E-state index in [1.165, 1.54) is 19.3 Å². The van der Waals surface area contributed by atoms with Crippen LogP contribution in [0.2, 0.25) is 0 Å². The van der Waals surface area contributed by atoms with Gasteiger partial charge in [0.25, 0.3) is 0 Å². The van der Waals surface area contributed by atoms with Gasteiger partial charge in [-0.2, -0.15) is 0 Å². The van der Waals surface area contributed by atoms with Crippen LogP contribution in [0.5, 0.6) is 17.2 Å². The van der Waals surface area contributed by atoms with Crippen LogP contribution in [0.25, 0.3) is 0 Å². The Morgan fingerprint density at radius 1 is 1.00 bits per heavy atom. The van der Waals surface area contributed by atoms with Crippen LogP contribution in [-0.4, -0.2) is 43.5 Å². The van der Waals surface area contributed by atoms with Gasteiger partial charge in [-0.3, -0.25) is 0 Å². The SMILES string of the molecule is CCOc1cc(C(=O)O)c(N(CC)C2CCCCC2)c(OCC)c1OCC.Cl. The van der Waals surface area contributed by atoms with Gasteiger partial charge in [0, 0.05) is 18.7 Å². The first-order valence-electron chi connectivity index (χ1n) is 10.2. The molecule has 1 aliphatic rings. The maximum atomic E-state index is 12.1. The van der Waals surface area contributed by atoms with E-state index in [1.807, 2.05) is 20.8 Å². The number of carboxylic acid groups (broad SMARTS) is 1. The summed E-state index contributed by atoms with van der Waals surface area (Å²) in [7, 11) is 0. The number of carbonyl (C=O) groups is 1. The Balaban J connectivity index is 0.00000392. The molecule has 28 heavy (non-hydrogen) atoms. The molecule has 0 atom stereocenters. The number of benzene rings is 1. The number of nitrogens with zero attached hydrogens (tertiary/aromatic N) is 1. The molecular weight excluding hydrogens is 382 g/mol. The number of rotatable bonds is 10. The molecule has 1 fully saturated rings. The Kier molecular flexibility index (Phi) is 10.3. The van der Waals surface area contributed by atoms with E-state index >= 15 is 0 Å². The fourth-order valence-corrected chi connectivity index (χ4v) is 3.87. The lowest BCUT2D eigenvalue weighted by Gasteiger charge is -2.37. The standard InChI is InChI=1S/C21H33NO5.ClH/c1-5-22(15-12-10-9-11-13-15)18-16(21(23)24)14-17(25-6-2)19(26-7-3)20(18)27-8-4;/h14-15H,5-13H2,1-4H3,(H,23,24);1H. The quantitative estimate of drug-likeness (QED) is 0.569. The Bertz CT molecular complexity index is 632. The normalized spacial score (nSPS) is 14.1. The molecule has 6 nitrogen and oxygen atoms in total. The summed E-state index contributed by atoms with van der Waals surface area (Å²) in [6, 6.07) is 1.90. The van der Waals surface area contributed by atoms with Crippen molar-refractivity contribution in [2.24, 2.45) is 0 Å². The number of anilines is 1. The largest absolute Gasteiger partial charge is 0.490 e. The van der Waals surface area contributed by atoms with Gasteiger partial charge in [-0.05, 0) is 40.5 Å². The zero-order valence-corrected chi connectivity index (χ0v) is 18.3. The van der Waals surface area contributed by atoms with Crippen molar-refractivity contribution in [2.75, 3.05) is 31.3 Å². The fraction of sp³-hybridized carbons (Fsp3) is 0.667. The summed E-state index contributed by atoms with van der Waals surface area (Å²) in [6.45, 7) is 9.72. The Labute approximate surface area is 174 Å². The summed E-state index contributed by atoms with van der Waals surface area (Å²) >= 11 is 0. The van der Waals surface area contributed by atoms with Gasteiger partial charge in [0.05, 0.1) is 31.1 Å². The number of hydrogen-bond acceptors (Lipinski definition) is 5. The number of hydrogen-bond donors (Lipinski definition) is 1. The van der Waals surface area contributed by atoms with Crippen LogP contribution in [0, 0.1) is 0 Å². The summed E-state index contributed by atoms with van der Waals surface area (Å²) < 4.78 is 17.5. The molecular formula is C21H34ClNO5. The monoisotopic (exact) mass is 415 g/mol. The molecule has 1 aromatic carbocycles. The second-order valence-corrected chi connectivity index (χ2v) is 6.61. The Morgan fingerprint density at radius 2 is 1.57 bits per heavy atom. The summed E-state index contributed by atoms with van der Waals surface area (Å²) in [5.41, 5.74) is 0.823. The van der Waals surface area contributed by atoms with E-state index in [0.717, 1.165) is 12.8 Å². The highest BCUT2D eigenvalue weighted by molar-refractivity contribution is 5.98. The molecule has 1 N–H and O–H groups in total. The molecule has 7 heteroatoms. The average Bonchev–Trinajstić information content (AvgIpc) is 2.67. The maximum absolute atomic E-state index is 12.1. The van der Waals surface area contributed by atoms with Crippen molar-refractivity contribution in [3.05, 3.63) is 11.6 Å². The first kappa shape index (κ1) is 24.2. The average molecular weight is 416 g/mol. The molecule has 0 bridgehead atoms. The van der Waals surface area contributed by atoms with Crippen molar-refractivity contribution in [3.8, 4) is 17.2 Å². The first-order chi connectivity index (χ1) is 13.1.